The Labute approximate surface area is 105 Å². The summed E-state index contributed by atoms with van der Waals surface area (Å²) < 4.78 is 6.71. The van der Waals surface area contributed by atoms with Crippen LogP contribution in [0.15, 0.2) is 30.5 Å². The van der Waals surface area contributed by atoms with Gasteiger partial charge in [-0.15, -0.1) is 0 Å². The van der Waals surface area contributed by atoms with Gasteiger partial charge in [0.15, 0.2) is 5.78 Å². The van der Waals surface area contributed by atoms with Crippen molar-refractivity contribution in [3.63, 3.8) is 0 Å². The zero-order valence-corrected chi connectivity index (χ0v) is 10.5. The summed E-state index contributed by atoms with van der Waals surface area (Å²) in [6.45, 7) is 1.47. The van der Waals surface area contributed by atoms with Crippen molar-refractivity contribution in [2.24, 2.45) is 7.05 Å². The Morgan fingerprint density at radius 3 is 2.72 bits per heavy atom. The van der Waals surface area contributed by atoms with E-state index in [2.05, 4.69) is 0 Å². The van der Waals surface area contributed by atoms with Crippen molar-refractivity contribution < 1.29 is 14.3 Å². The third-order valence-electron chi connectivity index (χ3n) is 2.83. The molecule has 0 N–H and O–H groups in total. The first-order valence-corrected chi connectivity index (χ1v) is 5.80. The molecule has 0 saturated heterocycles. The molecule has 0 unspecified atom stereocenters. The number of esters is 1. The van der Waals surface area contributed by atoms with Gasteiger partial charge in [-0.2, -0.15) is 0 Å². The van der Waals surface area contributed by atoms with Crippen LogP contribution in [0.4, 0.5) is 0 Å². The third kappa shape index (κ3) is 2.42. The summed E-state index contributed by atoms with van der Waals surface area (Å²) in [7, 11) is 1.91. The van der Waals surface area contributed by atoms with Crippen molar-refractivity contribution in [1.29, 1.82) is 0 Å². The van der Waals surface area contributed by atoms with Crippen molar-refractivity contribution in [2.75, 3.05) is 6.61 Å². The molecule has 1 heterocycles. The largest absolute Gasteiger partial charge is 0.465 e. The van der Waals surface area contributed by atoms with Crippen LogP contribution in [-0.4, -0.2) is 22.9 Å². The lowest BCUT2D eigenvalue weighted by molar-refractivity contribution is -0.140. The molecule has 0 aliphatic rings. The molecule has 1 aromatic carbocycles. The number of para-hydroxylation sites is 1. The van der Waals surface area contributed by atoms with Gasteiger partial charge in [0.05, 0.1) is 6.61 Å². The van der Waals surface area contributed by atoms with Crippen molar-refractivity contribution in [2.45, 2.75) is 13.3 Å². The number of aromatic nitrogens is 1. The number of fused-ring (bicyclic) bond motifs is 1. The molecule has 0 atom stereocenters. The molecule has 2 aromatic rings. The second kappa shape index (κ2) is 5.04. The Morgan fingerprint density at radius 1 is 1.28 bits per heavy atom. The van der Waals surface area contributed by atoms with E-state index in [0.29, 0.717) is 5.56 Å². The number of hydrogen-bond acceptors (Lipinski definition) is 3. The Kier molecular flexibility index (Phi) is 3.46. The van der Waals surface area contributed by atoms with Crippen LogP contribution in [0.1, 0.15) is 23.7 Å². The second-order valence-corrected chi connectivity index (χ2v) is 4.18. The minimum atomic E-state index is -0.360. The van der Waals surface area contributed by atoms with Gasteiger partial charge in [0.1, 0.15) is 0 Å². The molecule has 0 aliphatic carbocycles. The average Bonchev–Trinajstić information content (AvgIpc) is 2.67. The van der Waals surface area contributed by atoms with Crippen LogP contribution in [0.2, 0.25) is 0 Å². The summed E-state index contributed by atoms with van der Waals surface area (Å²) in [5, 5.41) is 0.938. The number of carbonyl (C=O) groups is 2. The number of ether oxygens (including phenoxy) is 1. The first-order valence-electron chi connectivity index (χ1n) is 5.80. The third-order valence-corrected chi connectivity index (χ3v) is 2.83. The predicted molar refractivity (Wildman–Crippen MR) is 68.5 cm³/mol. The summed E-state index contributed by atoms with van der Waals surface area (Å²) in [6.07, 6.45) is 2.04. The number of Topliss-reactive ketones (excluding diaryl/α,β-unsaturated/α-hetero) is 1. The molecule has 0 spiro atoms. The van der Waals surface area contributed by atoms with E-state index >= 15 is 0 Å². The fourth-order valence-corrected chi connectivity index (χ4v) is 1.99. The van der Waals surface area contributed by atoms with E-state index in [-0.39, 0.29) is 24.8 Å². The molecule has 94 valence electrons. The van der Waals surface area contributed by atoms with Crippen molar-refractivity contribution in [3.05, 3.63) is 36.0 Å². The lowest BCUT2D eigenvalue weighted by Gasteiger charge is -2.00. The number of benzene rings is 1. The monoisotopic (exact) mass is 245 g/mol. The number of nitrogens with zero attached hydrogens (tertiary/aromatic N) is 1. The Morgan fingerprint density at radius 2 is 2.00 bits per heavy atom. The highest BCUT2D eigenvalue weighted by Gasteiger charge is 2.13. The van der Waals surface area contributed by atoms with Gasteiger partial charge in [-0.3, -0.25) is 9.59 Å². The molecule has 0 bridgehead atoms. The molecule has 1 aromatic heterocycles. The molecular weight excluding hydrogens is 230 g/mol. The van der Waals surface area contributed by atoms with Crippen LogP contribution in [0.3, 0.4) is 0 Å². The quantitative estimate of drug-likeness (QED) is 0.613. The van der Waals surface area contributed by atoms with Gasteiger partial charge in [-0.25, -0.2) is 0 Å². The van der Waals surface area contributed by atoms with Crippen molar-refractivity contribution >= 4 is 22.7 Å². The van der Waals surface area contributed by atoms with Gasteiger partial charge in [0.2, 0.25) is 0 Å². The number of hydrogen-bond donors (Lipinski definition) is 0. The van der Waals surface area contributed by atoms with Crippen molar-refractivity contribution in [1.82, 2.24) is 4.57 Å². The summed E-state index contributed by atoms with van der Waals surface area (Å²) in [4.78, 5) is 22.7. The Balaban J connectivity index is 2.20. The van der Waals surface area contributed by atoms with E-state index in [1.165, 1.54) is 6.92 Å². The molecular formula is C14H15NO3. The summed E-state index contributed by atoms with van der Waals surface area (Å²) in [5.74, 6) is -0.367. The number of ketones is 1. The zero-order chi connectivity index (χ0) is 13.1. The molecule has 18 heavy (non-hydrogen) atoms. The zero-order valence-electron chi connectivity index (χ0n) is 10.5. The van der Waals surface area contributed by atoms with E-state index < -0.39 is 0 Å². The summed E-state index contributed by atoms with van der Waals surface area (Å²) in [6, 6.07) is 7.74. The van der Waals surface area contributed by atoms with Crippen LogP contribution in [0.25, 0.3) is 10.9 Å². The fraction of sp³-hybridized carbons (Fsp3) is 0.286. The topological polar surface area (TPSA) is 48.3 Å². The highest BCUT2D eigenvalue weighted by Crippen LogP contribution is 2.21. The van der Waals surface area contributed by atoms with Gasteiger partial charge in [-0.05, 0) is 6.07 Å². The van der Waals surface area contributed by atoms with E-state index in [4.69, 9.17) is 4.74 Å². The van der Waals surface area contributed by atoms with Gasteiger partial charge < -0.3 is 9.30 Å². The van der Waals surface area contributed by atoms with Crippen LogP contribution in [-0.2, 0) is 16.6 Å². The molecule has 4 nitrogen and oxygen atoms in total. The predicted octanol–water partition coefficient (Wildman–Crippen LogP) is 2.31. The van der Waals surface area contributed by atoms with E-state index in [0.717, 1.165) is 10.9 Å². The average molecular weight is 245 g/mol. The number of carbonyl (C=O) groups excluding carboxylic acids is 2. The first-order chi connectivity index (χ1) is 8.59. The van der Waals surface area contributed by atoms with Crippen LogP contribution in [0.5, 0.6) is 0 Å². The van der Waals surface area contributed by atoms with Gasteiger partial charge in [-0.1, -0.05) is 18.2 Å². The first kappa shape index (κ1) is 12.4. The standard InChI is InChI=1S/C14H15NO3/c1-10(16)18-8-7-14(17)12-9-15(2)13-6-4-3-5-11(12)13/h3-6,9H,7-8H2,1-2H3. The Bertz CT molecular complexity index is 598. The summed E-state index contributed by atoms with van der Waals surface area (Å²) >= 11 is 0. The normalized spacial score (nSPS) is 10.6. The van der Waals surface area contributed by atoms with Gasteiger partial charge >= 0.3 is 5.97 Å². The van der Waals surface area contributed by atoms with E-state index in [1.54, 1.807) is 0 Å². The maximum Gasteiger partial charge on any atom is 0.302 e. The molecule has 0 radical (unpaired) electrons. The van der Waals surface area contributed by atoms with Gasteiger partial charge in [0, 0.05) is 43.1 Å². The van der Waals surface area contributed by atoms with E-state index in [9.17, 15) is 9.59 Å². The molecule has 0 aliphatic heterocycles. The smallest absolute Gasteiger partial charge is 0.302 e. The second-order valence-electron chi connectivity index (χ2n) is 4.18. The maximum atomic E-state index is 12.0. The highest BCUT2D eigenvalue weighted by atomic mass is 16.5. The maximum absolute atomic E-state index is 12.0. The number of aryl methyl sites for hydroxylation is 1. The lowest BCUT2D eigenvalue weighted by Crippen LogP contribution is -2.07. The molecule has 2 rings (SSSR count). The molecule has 0 fully saturated rings. The molecule has 0 amide bonds. The van der Waals surface area contributed by atoms with Crippen LogP contribution < -0.4 is 0 Å². The minimum absolute atomic E-state index is 0.00644. The van der Waals surface area contributed by atoms with Crippen LogP contribution >= 0.6 is 0 Å². The Hall–Kier alpha value is -2.10. The van der Waals surface area contributed by atoms with E-state index in [1.807, 2.05) is 42.1 Å². The molecule has 4 heteroatoms. The highest BCUT2D eigenvalue weighted by molar-refractivity contribution is 6.08. The molecule has 0 saturated carbocycles. The number of rotatable bonds is 4. The summed E-state index contributed by atoms with van der Waals surface area (Å²) in [5.41, 5.74) is 1.70. The van der Waals surface area contributed by atoms with Crippen molar-refractivity contribution in [3.8, 4) is 0 Å². The van der Waals surface area contributed by atoms with Gasteiger partial charge in [0.25, 0.3) is 0 Å². The SMILES string of the molecule is CC(=O)OCCC(=O)c1cn(C)c2ccccc12. The van der Waals surface area contributed by atoms with Crippen LogP contribution in [0, 0.1) is 0 Å². The fourth-order valence-electron chi connectivity index (χ4n) is 1.99. The lowest BCUT2D eigenvalue weighted by atomic mass is 10.1. The minimum Gasteiger partial charge on any atom is -0.465 e.